The Hall–Kier alpha value is -4.87. The second kappa shape index (κ2) is 12.1. The summed E-state index contributed by atoms with van der Waals surface area (Å²) < 4.78 is 67.3. The van der Waals surface area contributed by atoms with E-state index in [0.29, 0.717) is 5.39 Å². The van der Waals surface area contributed by atoms with Crippen molar-refractivity contribution in [3.63, 3.8) is 0 Å². The molecule has 3 rings (SSSR count). The van der Waals surface area contributed by atoms with Crippen LogP contribution in [0.3, 0.4) is 0 Å². The van der Waals surface area contributed by atoms with Crippen LogP contribution in [0, 0.1) is 6.92 Å². The molecule has 2 aromatic heterocycles. The lowest BCUT2D eigenvalue weighted by Crippen LogP contribution is -2.42. The number of benzene rings is 1. The van der Waals surface area contributed by atoms with E-state index in [1.165, 1.54) is 25.3 Å². The number of alkyl halides is 3. The molecular formula is C23H24F3N7O7S. The third kappa shape index (κ3) is 7.41. The summed E-state index contributed by atoms with van der Waals surface area (Å²) in [6, 6.07) is 7.82. The second-order valence-corrected chi connectivity index (χ2v) is 10.1. The Kier molecular flexibility index (Phi) is 9.06. The maximum atomic E-state index is 13.2. The van der Waals surface area contributed by atoms with Gasteiger partial charge in [-0.25, -0.2) is 13.2 Å². The SMILES string of the molecule is Cc1cnc2c(S(=O)(=O)Nc3ccc(C(C)C(=O)NCCON=C(N)N)n(OC(=O)C(F)(F)F)c3=O)cccc2c1. The van der Waals surface area contributed by atoms with E-state index in [4.69, 9.17) is 16.3 Å². The fourth-order valence-corrected chi connectivity index (χ4v) is 4.69. The van der Waals surface area contributed by atoms with Crippen molar-refractivity contribution >= 4 is 44.4 Å². The number of sulfonamides is 1. The van der Waals surface area contributed by atoms with Gasteiger partial charge in [-0.3, -0.25) is 19.3 Å². The number of oxime groups is 1. The number of fused-ring (bicyclic) bond motifs is 1. The highest BCUT2D eigenvalue weighted by Gasteiger charge is 2.43. The number of halogens is 3. The summed E-state index contributed by atoms with van der Waals surface area (Å²) in [6.07, 6.45) is -4.09. The fraction of sp³-hybridized carbons (Fsp3) is 0.261. The van der Waals surface area contributed by atoms with Crippen molar-refractivity contribution in [2.24, 2.45) is 16.6 Å². The van der Waals surface area contributed by atoms with E-state index in [2.05, 4.69) is 20.3 Å². The zero-order chi connectivity index (χ0) is 30.5. The summed E-state index contributed by atoms with van der Waals surface area (Å²) in [4.78, 5) is 50.1. The number of para-hydroxylation sites is 1. The molecule has 14 nitrogen and oxygen atoms in total. The number of guanidine groups is 1. The molecule has 0 aliphatic heterocycles. The van der Waals surface area contributed by atoms with Crippen LogP contribution < -0.4 is 31.9 Å². The minimum absolute atomic E-state index is 0.0696. The van der Waals surface area contributed by atoms with Gasteiger partial charge >= 0.3 is 17.7 Å². The Morgan fingerprint density at radius 1 is 1.20 bits per heavy atom. The number of amides is 1. The average Bonchev–Trinajstić information content (AvgIpc) is 2.88. The smallest absolute Gasteiger partial charge is 0.391 e. The number of pyridine rings is 2. The van der Waals surface area contributed by atoms with Gasteiger partial charge in [-0.1, -0.05) is 12.1 Å². The Morgan fingerprint density at radius 2 is 1.90 bits per heavy atom. The van der Waals surface area contributed by atoms with Crippen LogP contribution in [0.4, 0.5) is 18.9 Å². The maximum Gasteiger partial charge on any atom is 0.493 e. The zero-order valence-electron chi connectivity index (χ0n) is 21.4. The predicted molar refractivity (Wildman–Crippen MR) is 139 cm³/mol. The number of hydrogen-bond donors (Lipinski definition) is 4. The molecular weight excluding hydrogens is 575 g/mol. The molecule has 0 radical (unpaired) electrons. The number of anilines is 1. The fourth-order valence-electron chi connectivity index (χ4n) is 3.45. The van der Waals surface area contributed by atoms with Crippen LogP contribution in [0.2, 0.25) is 0 Å². The van der Waals surface area contributed by atoms with Crippen LogP contribution in [-0.4, -0.2) is 55.3 Å². The Bertz CT molecular complexity index is 1670. The number of aromatic nitrogens is 2. The molecule has 1 unspecified atom stereocenters. The lowest BCUT2D eigenvalue weighted by Gasteiger charge is -2.19. The minimum Gasteiger partial charge on any atom is -0.391 e. The highest BCUT2D eigenvalue weighted by Crippen LogP contribution is 2.24. The van der Waals surface area contributed by atoms with E-state index in [9.17, 15) is 36.0 Å². The van der Waals surface area contributed by atoms with Gasteiger partial charge in [0.2, 0.25) is 11.9 Å². The zero-order valence-corrected chi connectivity index (χ0v) is 22.2. The van der Waals surface area contributed by atoms with Crippen LogP contribution in [-0.2, 0) is 24.4 Å². The lowest BCUT2D eigenvalue weighted by molar-refractivity contribution is -0.200. The largest absolute Gasteiger partial charge is 0.493 e. The standard InChI is InChI=1S/C23H24F3N7O7S/c1-12-10-14-4-3-5-17(18(14)30-11-12)41(37,38)32-15-6-7-16(33(20(15)35)40-21(36)23(24,25)26)13(2)19(34)29-8-9-39-31-22(27)28/h3-7,10-11,13,32H,8-9H2,1-2H3,(H,29,34)(H4,27,28,31). The van der Waals surface area contributed by atoms with Gasteiger partial charge in [-0.2, -0.15) is 13.2 Å². The van der Waals surface area contributed by atoms with Crippen molar-refractivity contribution in [3.8, 4) is 0 Å². The quantitative estimate of drug-likeness (QED) is 0.109. The summed E-state index contributed by atoms with van der Waals surface area (Å²) in [7, 11) is -4.53. The highest BCUT2D eigenvalue weighted by atomic mass is 32.2. The molecule has 1 aromatic carbocycles. The molecule has 41 heavy (non-hydrogen) atoms. The first-order valence-electron chi connectivity index (χ1n) is 11.5. The molecule has 2 heterocycles. The van der Waals surface area contributed by atoms with E-state index in [0.717, 1.165) is 17.7 Å². The Labute approximate surface area is 230 Å². The van der Waals surface area contributed by atoms with Crippen LogP contribution in [0.25, 0.3) is 10.9 Å². The second-order valence-electron chi connectivity index (χ2n) is 8.46. The van der Waals surface area contributed by atoms with Crippen molar-refractivity contribution in [3.05, 3.63) is 64.2 Å². The van der Waals surface area contributed by atoms with Gasteiger partial charge in [0, 0.05) is 11.6 Å². The lowest BCUT2D eigenvalue weighted by atomic mass is 10.1. The molecule has 0 saturated heterocycles. The average molecular weight is 600 g/mol. The molecule has 3 aromatic rings. The molecule has 0 aliphatic carbocycles. The monoisotopic (exact) mass is 599 g/mol. The highest BCUT2D eigenvalue weighted by molar-refractivity contribution is 7.93. The first-order chi connectivity index (χ1) is 19.1. The summed E-state index contributed by atoms with van der Waals surface area (Å²) in [5, 5.41) is 6.08. The van der Waals surface area contributed by atoms with E-state index >= 15 is 0 Å². The van der Waals surface area contributed by atoms with Crippen molar-refractivity contribution in [1.29, 1.82) is 0 Å². The third-order valence-corrected chi connectivity index (χ3v) is 6.72. The summed E-state index contributed by atoms with van der Waals surface area (Å²) >= 11 is 0. The molecule has 0 aliphatic rings. The molecule has 1 atom stereocenters. The third-order valence-electron chi connectivity index (χ3n) is 5.32. The van der Waals surface area contributed by atoms with E-state index in [1.54, 1.807) is 19.1 Å². The van der Waals surface area contributed by atoms with E-state index < -0.39 is 50.9 Å². The topological polar surface area (TPSA) is 210 Å². The summed E-state index contributed by atoms with van der Waals surface area (Å²) in [5.74, 6) is -5.35. The van der Waals surface area contributed by atoms with E-state index in [1.807, 2.05) is 4.72 Å². The number of nitrogens with one attached hydrogen (secondary N) is 2. The van der Waals surface area contributed by atoms with Gasteiger partial charge in [-0.05, 0) is 48.8 Å². The first-order valence-corrected chi connectivity index (χ1v) is 13.0. The first kappa shape index (κ1) is 30.7. The number of carbonyl (C=O) groups excluding carboxylic acids is 2. The maximum absolute atomic E-state index is 13.2. The number of rotatable bonds is 10. The van der Waals surface area contributed by atoms with Crippen LogP contribution >= 0.6 is 0 Å². The van der Waals surface area contributed by atoms with Gasteiger partial charge < -0.3 is 26.5 Å². The molecule has 18 heteroatoms. The Balaban J connectivity index is 1.98. The number of hydrogen-bond acceptors (Lipinski definition) is 9. The minimum atomic E-state index is -5.52. The van der Waals surface area contributed by atoms with Gasteiger partial charge in [0.05, 0.1) is 23.7 Å². The van der Waals surface area contributed by atoms with Crippen molar-refractivity contribution in [2.75, 3.05) is 17.9 Å². The molecule has 220 valence electrons. The van der Waals surface area contributed by atoms with Gasteiger partial charge in [0.25, 0.3) is 10.0 Å². The Morgan fingerprint density at radius 3 is 2.56 bits per heavy atom. The van der Waals surface area contributed by atoms with Crippen LogP contribution in [0.5, 0.6) is 0 Å². The predicted octanol–water partition coefficient (Wildman–Crippen LogP) is 0.448. The number of nitrogens with two attached hydrogens (primary N) is 2. The number of carbonyl (C=O) groups is 2. The van der Waals surface area contributed by atoms with E-state index in [-0.39, 0.29) is 34.3 Å². The molecule has 1 amide bonds. The van der Waals surface area contributed by atoms with Crippen LogP contribution in [0.1, 0.15) is 24.1 Å². The van der Waals surface area contributed by atoms with Crippen molar-refractivity contribution < 1.29 is 40.9 Å². The van der Waals surface area contributed by atoms with Gasteiger partial charge in [0.1, 0.15) is 17.2 Å². The number of aryl methyl sites for hydroxylation is 1. The molecule has 0 spiro atoms. The molecule has 6 N–H and O–H groups in total. The summed E-state index contributed by atoms with van der Waals surface area (Å²) in [6.45, 7) is 2.62. The van der Waals surface area contributed by atoms with Crippen molar-refractivity contribution in [1.82, 2.24) is 15.0 Å². The molecule has 0 bridgehead atoms. The normalized spacial score (nSPS) is 12.3. The number of nitrogens with zero attached hydrogens (tertiary/aromatic N) is 3. The van der Waals surface area contributed by atoms with Crippen LogP contribution in [0.15, 0.2) is 57.4 Å². The van der Waals surface area contributed by atoms with Gasteiger partial charge in [0.15, 0.2) is 0 Å². The van der Waals surface area contributed by atoms with Crippen molar-refractivity contribution in [2.45, 2.75) is 30.8 Å². The van der Waals surface area contributed by atoms with Gasteiger partial charge in [-0.15, -0.1) is 4.73 Å². The summed E-state index contributed by atoms with van der Waals surface area (Å²) in [5.41, 5.74) is 8.23. The molecule has 0 fully saturated rings. The molecule has 0 saturated carbocycles.